The van der Waals surface area contributed by atoms with E-state index in [-0.39, 0.29) is 5.56 Å². The third-order valence-corrected chi connectivity index (χ3v) is 3.39. The van der Waals surface area contributed by atoms with E-state index in [4.69, 9.17) is 10.8 Å². The number of pyridine rings is 1. The molecule has 0 aliphatic rings. The fraction of sp³-hybridized carbons (Fsp3) is 0. The minimum atomic E-state index is -0.946. The van der Waals surface area contributed by atoms with Crippen LogP contribution in [0.25, 0.3) is 21.8 Å². The molecule has 5 nitrogen and oxygen atoms in total. The Morgan fingerprint density at radius 2 is 1.70 bits per heavy atom. The van der Waals surface area contributed by atoms with Crippen LogP contribution in [0.4, 0.5) is 5.82 Å². The lowest BCUT2D eigenvalue weighted by molar-refractivity contribution is 0.0696. The minimum Gasteiger partial charge on any atom is -0.478 e. The normalized spacial score (nSPS) is 10.3. The Labute approximate surface area is 132 Å². The second-order valence-electron chi connectivity index (χ2n) is 5.03. The van der Waals surface area contributed by atoms with Gasteiger partial charge >= 0.3 is 5.97 Å². The van der Waals surface area contributed by atoms with Gasteiger partial charge in [-0.25, -0.2) is 4.79 Å². The molecule has 2 aromatic heterocycles. The van der Waals surface area contributed by atoms with Gasteiger partial charge in [0.25, 0.3) is 0 Å². The summed E-state index contributed by atoms with van der Waals surface area (Å²) >= 11 is 0. The summed E-state index contributed by atoms with van der Waals surface area (Å²) in [6.45, 7) is 0. The molecule has 0 unspecified atom stereocenters. The number of rotatable bonds is 1. The van der Waals surface area contributed by atoms with Gasteiger partial charge in [0.15, 0.2) is 0 Å². The van der Waals surface area contributed by atoms with Crippen molar-refractivity contribution in [2.24, 2.45) is 0 Å². The fourth-order valence-electron chi connectivity index (χ4n) is 2.28. The number of fused-ring (bicyclic) bond motifs is 2. The molecule has 114 valence electrons. The van der Waals surface area contributed by atoms with Crippen LogP contribution in [0.15, 0.2) is 66.9 Å². The number of carboxylic acid groups (broad SMARTS) is 1. The van der Waals surface area contributed by atoms with E-state index in [1.165, 1.54) is 11.6 Å². The number of H-pyrrole nitrogens is 1. The van der Waals surface area contributed by atoms with E-state index in [1.807, 2.05) is 54.6 Å². The highest BCUT2D eigenvalue weighted by Crippen LogP contribution is 2.15. The summed E-state index contributed by atoms with van der Waals surface area (Å²) in [5.74, 6) is -0.223. The maximum Gasteiger partial charge on any atom is 0.337 e. The average molecular weight is 305 g/mol. The average Bonchev–Trinajstić information content (AvgIpc) is 2.95. The van der Waals surface area contributed by atoms with Crippen LogP contribution in [0, 0.1) is 0 Å². The summed E-state index contributed by atoms with van der Waals surface area (Å²) < 4.78 is 0. The van der Waals surface area contributed by atoms with Gasteiger partial charge in [0.2, 0.25) is 0 Å². The maximum absolute atomic E-state index is 10.6. The predicted octanol–water partition coefficient (Wildman–Crippen LogP) is 3.68. The number of benzene rings is 2. The summed E-state index contributed by atoms with van der Waals surface area (Å²) in [5, 5.41) is 10.7. The molecule has 23 heavy (non-hydrogen) atoms. The molecular weight excluding hydrogens is 290 g/mol. The highest BCUT2D eigenvalue weighted by molar-refractivity contribution is 5.92. The molecule has 0 bridgehead atoms. The van der Waals surface area contributed by atoms with Gasteiger partial charge in [-0.1, -0.05) is 36.4 Å². The van der Waals surface area contributed by atoms with Crippen LogP contribution in [-0.4, -0.2) is 21.0 Å². The van der Waals surface area contributed by atoms with Crippen LogP contribution < -0.4 is 5.73 Å². The molecule has 0 aliphatic heterocycles. The van der Waals surface area contributed by atoms with E-state index in [9.17, 15) is 4.79 Å². The Morgan fingerprint density at radius 1 is 1.00 bits per heavy atom. The first-order valence-electron chi connectivity index (χ1n) is 7.05. The molecule has 4 aromatic rings. The van der Waals surface area contributed by atoms with Gasteiger partial charge in [-0.05, 0) is 24.3 Å². The zero-order valence-corrected chi connectivity index (χ0v) is 12.2. The van der Waals surface area contributed by atoms with Crippen LogP contribution >= 0.6 is 0 Å². The third kappa shape index (κ3) is 3.29. The zero-order valence-electron chi connectivity index (χ0n) is 12.2. The van der Waals surface area contributed by atoms with Crippen LogP contribution in [-0.2, 0) is 0 Å². The smallest absolute Gasteiger partial charge is 0.337 e. The molecule has 0 saturated carbocycles. The van der Waals surface area contributed by atoms with E-state index in [2.05, 4.69) is 9.97 Å². The Bertz CT molecular complexity index is 943. The van der Waals surface area contributed by atoms with Crippen LogP contribution in [0.3, 0.4) is 0 Å². The second-order valence-corrected chi connectivity index (χ2v) is 5.03. The number of hydrogen-bond acceptors (Lipinski definition) is 3. The highest BCUT2D eigenvalue weighted by atomic mass is 16.4. The molecule has 0 atom stereocenters. The van der Waals surface area contributed by atoms with Gasteiger partial charge in [0.05, 0.1) is 11.1 Å². The third-order valence-electron chi connectivity index (χ3n) is 3.39. The van der Waals surface area contributed by atoms with Gasteiger partial charge in [-0.15, -0.1) is 0 Å². The number of carboxylic acids is 1. The van der Waals surface area contributed by atoms with Crippen molar-refractivity contribution in [3.63, 3.8) is 0 Å². The molecule has 5 heteroatoms. The van der Waals surface area contributed by atoms with E-state index in [0.29, 0.717) is 0 Å². The van der Waals surface area contributed by atoms with Gasteiger partial charge < -0.3 is 15.8 Å². The first-order valence-corrected chi connectivity index (χ1v) is 7.05. The number of para-hydroxylation sites is 2. The standard InChI is InChI=1S/C10H7NO2.C8H8N2/c12-10(13)8-5-7-3-1-2-4-9(7)11-6-8;9-8-5-6-3-1-2-4-7(6)10-8/h1-6H,(H,12,13);1-5,10H,9H2. The van der Waals surface area contributed by atoms with Crippen LogP contribution in [0.5, 0.6) is 0 Å². The van der Waals surface area contributed by atoms with Crippen molar-refractivity contribution >= 4 is 33.6 Å². The number of anilines is 1. The lowest BCUT2D eigenvalue weighted by atomic mass is 10.2. The molecule has 2 heterocycles. The number of carbonyl (C=O) groups is 1. The number of aromatic nitrogens is 2. The SMILES string of the molecule is Nc1cc2ccccc2[nH]1.O=C(O)c1cnc2ccccc2c1. The molecule has 2 aromatic carbocycles. The Hall–Kier alpha value is -3.34. The molecule has 0 amide bonds. The van der Waals surface area contributed by atoms with E-state index in [0.717, 1.165) is 22.2 Å². The molecule has 0 saturated heterocycles. The topological polar surface area (TPSA) is 92.0 Å². The molecular formula is C18H15N3O2. The van der Waals surface area contributed by atoms with Gasteiger partial charge in [-0.2, -0.15) is 0 Å². The summed E-state index contributed by atoms with van der Waals surface area (Å²) in [4.78, 5) is 17.7. The summed E-state index contributed by atoms with van der Waals surface area (Å²) in [6.07, 6.45) is 1.37. The number of nitrogen functional groups attached to an aromatic ring is 1. The van der Waals surface area contributed by atoms with Crippen molar-refractivity contribution in [1.29, 1.82) is 0 Å². The van der Waals surface area contributed by atoms with Crippen LogP contribution in [0.1, 0.15) is 10.4 Å². The zero-order chi connectivity index (χ0) is 16.2. The molecule has 0 fully saturated rings. The van der Waals surface area contributed by atoms with Gasteiger partial charge in [0.1, 0.15) is 5.82 Å². The summed E-state index contributed by atoms with van der Waals surface area (Å²) in [6, 6.07) is 19.0. The predicted molar refractivity (Wildman–Crippen MR) is 91.4 cm³/mol. The molecule has 0 aliphatic carbocycles. The van der Waals surface area contributed by atoms with Crippen molar-refractivity contribution in [1.82, 2.24) is 9.97 Å². The van der Waals surface area contributed by atoms with Crippen molar-refractivity contribution in [3.8, 4) is 0 Å². The fourth-order valence-corrected chi connectivity index (χ4v) is 2.28. The second kappa shape index (κ2) is 6.19. The van der Waals surface area contributed by atoms with Crippen molar-refractivity contribution < 1.29 is 9.90 Å². The Kier molecular flexibility index (Phi) is 3.93. The Balaban J connectivity index is 0.000000140. The minimum absolute atomic E-state index is 0.221. The summed E-state index contributed by atoms with van der Waals surface area (Å²) in [5.41, 5.74) is 7.67. The van der Waals surface area contributed by atoms with E-state index in [1.54, 1.807) is 6.07 Å². The molecule has 4 N–H and O–H groups in total. The number of nitrogens with one attached hydrogen (secondary N) is 1. The number of aromatic amines is 1. The van der Waals surface area contributed by atoms with Crippen LogP contribution in [0.2, 0.25) is 0 Å². The molecule has 0 spiro atoms. The van der Waals surface area contributed by atoms with Gasteiger partial charge in [0, 0.05) is 22.5 Å². The number of aromatic carboxylic acids is 1. The quantitative estimate of drug-likeness (QED) is 0.500. The number of nitrogens with zero attached hydrogens (tertiary/aromatic N) is 1. The summed E-state index contributed by atoms with van der Waals surface area (Å²) in [7, 11) is 0. The van der Waals surface area contributed by atoms with E-state index >= 15 is 0 Å². The lowest BCUT2D eigenvalue weighted by Gasteiger charge is -1.97. The van der Waals surface area contributed by atoms with Gasteiger partial charge in [-0.3, -0.25) is 4.98 Å². The van der Waals surface area contributed by atoms with Crippen molar-refractivity contribution in [2.45, 2.75) is 0 Å². The van der Waals surface area contributed by atoms with Crippen molar-refractivity contribution in [3.05, 3.63) is 72.4 Å². The van der Waals surface area contributed by atoms with E-state index < -0.39 is 5.97 Å². The molecule has 4 rings (SSSR count). The lowest BCUT2D eigenvalue weighted by Crippen LogP contribution is -1.96. The first kappa shape index (κ1) is 14.6. The Morgan fingerprint density at radius 3 is 2.43 bits per heavy atom. The molecule has 0 radical (unpaired) electrons. The number of nitrogens with two attached hydrogens (primary N) is 1. The number of hydrogen-bond donors (Lipinski definition) is 3. The maximum atomic E-state index is 10.6. The largest absolute Gasteiger partial charge is 0.478 e. The highest BCUT2D eigenvalue weighted by Gasteiger charge is 2.03. The van der Waals surface area contributed by atoms with Crippen molar-refractivity contribution in [2.75, 3.05) is 5.73 Å². The monoisotopic (exact) mass is 305 g/mol. The first-order chi connectivity index (χ1) is 11.1.